The molecule has 18 heavy (non-hydrogen) atoms. The Morgan fingerprint density at radius 1 is 1.44 bits per heavy atom. The zero-order chi connectivity index (χ0) is 13.5. The fourth-order valence-electron chi connectivity index (χ4n) is 2.01. The summed E-state index contributed by atoms with van der Waals surface area (Å²) in [4.78, 5) is 33.2. The van der Waals surface area contributed by atoms with Gasteiger partial charge in [0.25, 0.3) is 0 Å². The summed E-state index contributed by atoms with van der Waals surface area (Å²) in [5.74, 6) is -2.12. The molecule has 2 atom stereocenters. The van der Waals surface area contributed by atoms with Crippen LogP contribution in [0.2, 0.25) is 0 Å². The number of nitrogens with one attached hydrogen (secondary N) is 2. The summed E-state index contributed by atoms with van der Waals surface area (Å²) in [6.07, 6.45) is 1.86. The number of aliphatic carboxylic acids is 1. The van der Waals surface area contributed by atoms with Crippen molar-refractivity contribution in [2.75, 3.05) is 13.1 Å². The highest BCUT2D eigenvalue weighted by Crippen LogP contribution is 2.13. The van der Waals surface area contributed by atoms with Gasteiger partial charge in [-0.05, 0) is 31.8 Å². The lowest BCUT2D eigenvalue weighted by atomic mass is 9.96. The van der Waals surface area contributed by atoms with Gasteiger partial charge in [-0.3, -0.25) is 9.59 Å². The molecule has 0 radical (unpaired) electrons. The lowest BCUT2D eigenvalue weighted by molar-refractivity contribution is -0.143. The normalized spacial score (nSPS) is 21.0. The van der Waals surface area contributed by atoms with E-state index in [0.717, 1.165) is 25.9 Å². The van der Waals surface area contributed by atoms with E-state index in [0.29, 0.717) is 0 Å². The fourth-order valence-corrected chi connectivity index (χ4v) is 2.01. The molecule has 0 aromatic carbocycles. The molecule has 0 spiro atoms. The second-order valence-corrected chi connectivity index (χ2v) is 4.55. The number of piperidine rings is 1. The van der Waals surface area contributed by atoms with Crippen LogP contribution < -0.4 is 16.4 Å². The Hall–Kier alpha value is -1.63. The zero-order valence-electron chi connectivity index (χ0n) is 10.1. The average Bonchev–Trinajstić information content (AvgIpc) is 2.28. The standard InChI is InChI=1S/C11H19N3O4/c12-9(15)5-8(11(17)18)14-10(16)4-7-2-1-3-13-6-7/h7-8,13H,1-6H2,(H2,12,15)(H,14,16)(H,17,18)/t7?,8-/m0/s1. The van der Waals surface area contributed by atoms with E-state index in [-0.39, 0.29) is 24.7 Å². The minimum atomic E-state index is -1.25. The van der Waals surface area contributed by atoms with Gasteiger partial charge in [-0.1, -0.05) is 0 Å². The maximum Gasteiger partial charge on any atom is 0.326 e. The minimum absolute atomic E-state index is 0.224. The van der Waals surface area contributed by atoms with E-state index in [9.17, 15) is 14.4 Å². The first kappa shape index (κ1) is 14.4. The number of hydrogen-bond donors (Lipinski definition) is 4. The average molecular weight is 257 g/mol. The van der Waals surface area contributed by atoms with E-state index in [2.05, 4.69) is 10.6 Å². The molecule has 7 nitrogen and oxygen atoms in total. The summed E-state index contributed by atoms with van der Waals surface area (Å²) in [5.41, 5.74) is 4.93. The maximum absolute atomic E-state index is 11.7. The van der Waals surface area contributed by atoms with Gasteiger partial charge in [0.05, 0.1) is 6.42 Å². The van der Waals surface area contributed by atoms with Crippen LogP contribution in [0.15, 0.2) is 0 Å². The Morgan fingerprint density at radius 3 is 2.67 bits per heavy atom. The van der Waals surface area contributed by atoms with Gasteiger partial charge in [-0.25, -0.2) is 4.79 Å². The molecule has 1 fully saturated rings. The second kappa shape index (κ2) is 6.95. The summed E-state index contributed by atoms with van der Waals surface area (Å²) in [5, 5.41) is 14.3. The molecule has 1 unspecified atom stereocenters. The summed E-state index contributed by atoms with van der Waals surface area (Å²) in [7, 11) is 0. The number of carboxylic acids is 1. The predicted molar refractivity (Wildman–Crippen MR) is 63.6 cm³/mol. The molecule has 1 aliphatic heterocycles. The van der Waals surface area contributed by atoms with Crippen molar-refractivity contribution in [3.05, 3.63) is 0 Å². The SMILES string of the molecule is NC(=O)C[C@H](NC(=O)CC1CCCNC1)C(=O)O. The van der Waals surface area contributed by atoms with Gasteiger partial charge in [0.2, 0.25) is 11.8 Å². The van der Waals surface area contributed by atoms with Crippen LogP contribution in [0.25, 0.3) is 0 Å². The van der Waals surface area contributed by atoms with Crippen LogP contribution in [0.4, 0.5) is 0 Å². The number of rotatable bonds is 6. The Kier molecular flexibility index (Phi) is 5.57. The van der Waals surface area contributed by atoms with Gasteiger partial charge < -0.3 is 21.5 Å². The summed E-state index contributed by atoms with van der Waals surface area (Å²) in [6, 6.07) is -1.23. The molecular formula is C11H19N3O4. The Balaban J connectivity index is 2.40. The molecule has 0 saturated carbocycles. The summed E-state index contributed by atoms with van der Waals surface area (Å²) >= 11 is 0. The molecule has 7 heteroatoms. The van der Waals surface area contributed by atoms with Crippen LogP contribution in [0, 0.1) is 5.92 Å². The third-order valence-corrected chi connectivity index (χ3v) is 2.91. The quantitative estimate of drug-likeness (QED) is 0.477. The van der Waals surface area contributed by atoms with E-state index < -0.39 is 17.9 Å². The van der Waals surface area contributed by atoms with Gasteiger partial charge in [-0.2, -0.15) is 0 Å². The minimum Gasteiger partial charge on any atom is -0.480 e. The van der Waals surface area contributed by atoms with E-state index in [1.807, 2.05) is 0 Å². The number of hydrogen-bond acceptors (Lipinski definition) is 4. The number of primary amides is 1. The first-order valence-electron chi connectivity index (χ1n) is 6.00. The van der Waals surface area contributed by atoms with Crippen molar-refractivity contribution in [1.82, 2.24) is 10.6 Å². The monoisotopic (exact) mass is 257 g/mol. The molecular weight excluding hydrogens is 238 g/mol. The Bertz CT molecular complexity index is 326. The topological polar surface area (TPSA) is 122 Å². The first-order chi connectivity index (χ1) is 8.49. The van der Waals surface area contributed by atoms with Gasteiger partial charge in [0.15, 0.2) is 0 Å². The van der Waals surface area contributed by atoms with Gasteiger partial charge in [0, 0.05) is 6.42 Å². The van der Waals surface area contributed by atoms with Crippen molar-refractivity contribution < 1.29 is 19.5 Å². The van der Waals surface area contributed by atoms with Crippen molar-refractivity contribution in [3.63, 3.8) is 0 Å². The zero-order valence-corrected chi connectivity index (χ0v) is 10.1. The van der Waals surface area contributed by atoms with E-state index in [4.69, 9.17) is 10.8 Å². The molecule has 2 amide bonds. The fraction of sp³-hybridized carbons (Fsp3) is 0.727. The third-order valence-electron chi connectivity index (χ3n) is 2.91. The third kappa shape index (κ3) is 5.13. The van der Waals surface area contributed by atoms with Crippen molar-refractivity contribution in [2.45, 2.75) is 31.7 Å². The summed E-state index contributed by atoms with van der Waals surface area (Å²) < 4.78 is 0. The lowest BCUT2D eigenvalue weighted by Crippen LogP contribution is -2.44. The molecule has 0 aromatic rings. The van der Waals surface area contributed by atoms with Crippen LogP contribution in [0.5, 0.6) is 0 Å². The number of carbonyl (C=O) groups excluding carboxylic acids is 2. The molecule has 0 bridgehead atoms. The van der Waals surface area contributed by atoms with Crippen LogP contribution in [-0.4, -0.2) is 42.0 Å². The highest BCUT2D eigenvalue weighted by Gasteiger charge is 2.24. The van der Waals surface area contributed by atoms with Crippen LogP contribution in [0.1, 0.15) is 25.7 Å². The lowest BCUT2D eigenvalue weighted by Gasteiger charge is -2.22. The van der Waals surface area contributed by atoms with E-state index in [1.165, 1.54) is 0 Å². The predicted octanol–water partition coefficient (Wildman–Crippen LogP) is -1.18. The Morgan fingerprint density at radius 2 is 2.17 bits per heavy atom. The van der Waals surface area contributed by atoms with Gasteiger partial charge in [-0.15, -0.1) is 0 Å². The van der Waals surface area contributed by atoms with Crippen LogP contribution in [-0.2, 0) is 14.4 Å². The van der Waals surface area contributed by atoms with Crippen LogP contribution >= 0.6 is 0 Å². The molecule has 5 N–H and O–H groups in total. The van der Waals surface area contributed by atoms with E-state index in [1.54, 1.807) is 0 Å². The number of carbonyl (C=O) groups is 3. The molecule has 1 heterocycles. The number of carboxylic acid groups (broad SMARTS) is 1. The molecule has 1 saturated heterocycles. The molecule has 1 rings (SSSR count). The van der Waals surface area contributed by atoms with Crippen molar-refractivity contribution in [3.8, 4) is 0 Å². The molecule has 1 aliphatic rings. The number of amides is 2. The van der Waals surface area contributed by atoms with Crippen molar-refractivity contribution in [1.29, 1.82) is 0 Å². The van der Waals surface area contributed by atoms with Crippen molar-refractivity contribution >= 4 is 17.8 Å². The van der Waals surface area contributed by atoms with E-state index >= 15 is 0 Å². The van der Waals surface area contributed by atoms with Gasteiger partial charge >= 0.3 is 5.97 Å². The highest BCUT2D eigenvalue weighted by molar-refractivity contribution is 5.88. The second-order valence-electron chi connectivity index (χ2n) is 4.55. The maximum atomic E-state index is 11.7. The summed E-state index contributed by atoms with van der Waals surface area (Å²) in [6.45, 7) is 1.72. The largest absolute Gasteiger partial charge is 0.480 e. The van der Waals surface area contributed by atoms with Crippen molar-refractivity contribution in [2.24, 2.45) is 11.7 Å². The molecule has 0 aromatic heterocycles. The highest BCUT2D eigenvalue weighted by atomic mass is 16.4. The number of nitrogens with two attached hydrogens (primary N) is 1. The first-order valence-corrected chi connectivity index (χ1v) is 6.00. The molecule has 0 aliphatic carbocycles. The smallest absolute Gasteiger partial charge is 0.326 e. The van der Waals surface area contributed by atoms with Gasteiger partial charge in [0.1, 0.15) is 6.04 Å². The molecule has 102 valence electrons. The Labute approximate surface area is 105 Å². The van der Waals surface area contributed by atoms with Crippen LogP contribution in [0.3, 0.4) is 0 Å².